The molecular formula is C15H18ClNO2. The molecule has 0 radical (unpaired) electrons. The number of hydrogen-bond donors (Lipinski definition) is 1. The van der Waals surface area contributed by atoms with E-state index < -0.39 is 0 Å². The maximum absolute atomic E-state index is 11.9. The van der Waals surface area contributed by atoms with Crippen LogP contribution in [0.1, 0.15) is 30.8 Å². The summed E-state index contributed by atoms with van der Waals surface area (Å²) in [6.07, 6.45) is 0.877. The van der Waals surface area contributed by atoms with Gasteiger partial charge < -0.3 is 9.73 Å². The van der Waals surface area contributed by atoms with Crippen molar-refractivity contribution < 1.29 is 9.21 Å². The molecule has 0 aliphatic carbocycles. The van der Waals surface area contributed by atoms with Crippen molar-refractivity contribution in [1.29, 1.82) is 0 Å². The van der Waals surface area contributed by atoms with Crippen LogP contribution in [0.3, 0.4) is 0 Å². The molecule has 2 rings (SSSR count). The van der Waals surface area contributed by atoms with Crippen molar-refractivity contribution in [3.05, 3.63) is 36.1 Å². The third-order valence-electron chi connectivity index (χ3n) is 2.86. The van der Waals surface area contributed by atoms with E-state index in [2.05, 4.69) is 19.2 Å². The van der Waals surface area contributed by atoms with Gasteiger partial charge in [0.2, 0.25) is 0 Å². The summed E-state index contributed by atoms with van der Waals surface area (Å²) >= 11 is 6.14. The predicted octanol–water partition coefficient (Wildman–Crippen LogP) is 3.82. The number of rotatable bonds is 5. The maximum atomic E-state index is 11.9. The highest BCUT2D eigenvalue weighted by atomic mass is 35.5. The first kappa shape index (κ1) is 13.9. The molecule has 1 amide bonds. The second kappa shape index (κ2) is 6.11. The molecule has 0 fully saturated rings. The zero-order chi connectivity index (χ0) is 13.8. The number of para-hydroxylation sites is 1. The lowest BCUT2D eigenvalue weighted by Gasteiger charge is -2.12. The van der Waals surface area contributed by atoms with Gasteiger partial charge in [0, 0.05) is 11.9 Å². The molecular weight excluding hydrogens is 262 g/mol. The number of hydrogen-bond acceptors (Lipinski definition) is 2. The van der Waals surface area contributed by atoms with Crippen LogP contribution >= 0.6 is 11.6 Å². The average Bonchev–Trinajstić information content (AvgIpc) is 2.78. The lowest BCUT2D eigenvalue weighted by atomic mass is 10.1. The number of carbonyl (C=O) groups is 1. The van der Waals surface area contributed by atoms with Crippen molar-refractivity contribution in [3.8, 4) is 0 Å². The summed E-state index contributed by atoms with van der Waals surface area (Å²) in [5.41, 5.74) is 0.720. The molecule has 1 aromatic carbocycles. The van der Waals surface area contributed by atoms with E-state index >= 15 is 0 Å². The van der Waals surface area contributed by atoms with Gasteiger partial charge in [0.1, 0.15) is 5.58 Å². The van der Waals surface area contributed by atoms with Crippen molar-refractivity contribution in [3.63, 3.8) is 0 Å². The summed E-state index contributed by atoms with van der Waals surface area (Å²) in [5.74, 6) is 0.630. The van der Waals surface area contributed by atoms with Crippen LogP contribution in [0.5, 0.6) is 0 Å². The minimum atomic E-state index is -0.217. The van der Waals surface area contributed by atoms with Crippen LogP contribution in [0.25, 0.3) is 11.0 Å². The van der Waals surface area contributed by atoms with Crippen LogP contribution in [0.4, 0.5) is 0 Å². The third-order valence-corrected chi connectivity index (χ3v) is 3.19. The van der Waals surface area contributed by atoms with Crippen LogP contribution in [-0.4, -0.2) is 17.8 Å². The minimum Gasteiger partial charge on any atom is -0.451 e. The van der Waals surface area contributed by atoms with E-state index in [-0.39, 0.29) is 11.3 Å². The van der Waals surface area contributed by atoms with Gasteiger partial charge in [-0.05, 0) is 24.5 Å². The highest BCUT2D eigenvalue weighted by molar-refractivity contribution is 6.20. The normalized spacial score (nSPS) is 12.8. The zero-order valence-corrected chi connectivity index (χ0v) is 11.9. The smallest absolute Gasteiger partial charge is 0.287 e. The number of carbonyl (C=O) groups excluding carboxylic acids is 1. The molecule has 4 heteroatoms. The highest BCUT2D eigenvalue weighted by Crippen LogP contribution is 2.18. The van der Waals surface area contributed by atoms with Crippen molar-refractivity contribution in [2.45, 2.75) is 25.6 Å². The zero-order valence-electron chi connectivity index (χ0n) is 11.2. The van der Waals surface area contributed by atoms with Crippen LogP contribution in [0.15, 0.2) is 34.7 Å². The van der Waals surface area contributed by atoms with E-state index in [9.17, 15) is 4.79 Å². The SMILES string of the molecule is CC(C)CC(Cl)CNC(=O)c1cc2ccccc2o1. The van der Waals surface area contributed by atoms with Gasteiger partial charge in [0.25, 0.3) is 5.91 Å². The summed E-state index contributed by atoms with van der Waals surface area (Å²) in [5, 5.41) is 3.68. The molecule has 1 heterocycles. The molecule has 3 nitrogen and oxygen atoms in total. The van der Waals surface area contributed by atoms with E-state index in [1.807, 2.05) is 24.3 Å². The first-order valence-corrected chi connectivity index (χ1v) is 6.90. The van der Waals surface area contributed by atoms with Gasteiger partial charge in [-0.25, -0.2) is 0 Å². The molecule has 1 atom stereocenters. The Balaban J connectivity index is 1.96. The third kappa shape index (κ3) is 3.74. The number of amides is 1. The molecule has 0 spiro atoms. The standard InChI is InChI=1S/C15H18ClNO2/c1-10(2)7-12(16)9-17-15(18)14-8-11-5-3-4-6-13(11)19-14/h3-6,8,10,12H,7,9H2,1-2H3,(H,17,18). The van der Waals surface area contributed by atoms with E-state index in [0.29, 0.717) is 18.2 Å². The number of alkyl halides is 1. The van der Waals surface area contributed by atoms with E-state index in [0.717, 1.165) is 17.4 Å². The number of benzene rings is 1. The van der Waals surface area contributed by atoms with Crippen LogP contribution < -0.4 is 5.32 Å². The van der Waals surface area contributed by atoms with Crippen LogP contribution in [-0.2, 0) is 0 Å². The lowest BCUT2D eigenvalue weighted by Crippen LogP contribution is -2.30. The highest BCUT2D eigenvalue weighted by Gasteiger charge is 2.14. The van der Waals surface area contributed by atoms with Gasteiger partial charge in [-0.3, -0.25) is 4.79 Å². The van der Waals surface area contributed by atoms with Gasteiger partial charge in [-0.2, -0.15) is 0 Å². The molecule has 0 saturated carbocycles. The molecule has 19 heavy (non-hydrogen) atoms. The fraction of sp³-hybridized carbons (Fsp3) is 0.400. The fourth-order valence-corrected chi connectivity index (χ4v) is 2.41. The van der Waals surface area contributed by atoms with Gasteiger partial charge in [0.05, 0.1) is 5.38 Å². The molecule has 0 saturated heterocycles. The van der Waals surface area contributed by atoms with Crippen molar-refractivity contribution >= 4 is 28.5 Å². The predicted molar refractivity (Wildman–Crippen MR) is 77.6 cm³/mol. The molecule has 0 aliphatic rings. The quantitative estimate of drug-likeness (QED) is 0.846. The Hall–Kier alpha value is -1.48. The Morgan fingerprint density at radius 2 is 2.11 bits per heavy atom. The van der Waals surface area contributed by atoms with E-state index in [1.165, 1.54) is 0 Å². The first-order chi connectivity index (χ1) is 9.06. The summed E-state index contributed by atoms with van der Waals surface area (Å²) in [7, 11) is 0. The number of furan rings is 1. The van der Waals surface area contributed by atoms with Gasteiger partial charge in [0.15, 0.2) is 5.76 Å². The van der Waals surface area contributed by atoms with Crippen molar-refractivity contribution in [2.24, 2.45) is 5.92 Å². The molecule has 1 aromatic heterocycles. The van der Waals surface area contributed by atoms with E-state index in [1.54, 1.807) is 6.07 Å². The Bertz CT molecular complexity index is 529. The number of halogens is 1. The molecule has 0 bridgehead atoms. The number of fused-ring (bicyclic) bond motifs is 1. The largest absolute Gasteiger partial charge is 0.451 e. The lowest BCUT2D eigenvalue weighted by molar-refractivity contribution is 0.0927. The van der Waals surface area contributed by atoms with Crippen molar-refractivity contribution in [2.75, 3.05) is 6.54 Å². The minimum absolute atomic E-state index is 0.0478. The fourth-order valence-electron chi connectivity index (χ4n) is 1.98. The summed E-state index contributed by atoms with van der Waals surface area (Å²) in [6, 6.07) is 9.30. The first-order valence-electron chi connectivity index (χ1n) is 6.47. The van der Waals surface area contributed by atoms with Crippen molar-refractivity contribution in [1.82, 2.24) is 5.32 Å². The summed E-state index contributed by atoms with van der Waals surface area (Å²) in [6.45, 7) is 4.67. The molecule has 0 aliphatic heterocycles. The van der Waals surface area contributed by atoms with E-state index in [4.69, 9.17) is 16.0 Å². The average molecular weight is 280 g/mol. The van der Waals surface area contributed by atoms with Gasteiger partial charge in [-0.15, -0.1) is 11.6 Å². The Kier molecular flexibility index (Phi) is 4.48. The molecule has 1 N–H and O–H groups in total. The maximum Gasteiger partial charge on any atom is 0.287 e. The summed E-state index contributed by atoms with van der Waals surface area (Å²) in [4.78, 5) is 11.9. The second-order valence-electron chi connectivity index (χ2n) is 5.09. The summed E-state index contributed by atoms with van der Waals surface area (Å²) < 4.78 is 5.49. The Morgan fingerprint density at radius 3 is 2.79 bits per heavy atom. The Morgan fingerprint density at radius 1 is 1.37 bits per heavy atom. The molecule has 2 aromatic rings. The monoisotopic (exact) mass is 279 g/mol. The van der Waals surface area contributed by atoms with Gasteiger partial charge in [-0.1, -0.05) is 32.0 Å². The Labute approximate surface area is 117 Å². The molecule has 1 unspecified atom stereocenters. The van der Waals surface area contributed by atoms with Gasteiger partial charge >= 0.3 is 0 Å². The topological polar surface area (TPSA) is 42.2 Å². The number of nitrogens with one attached hydrogen (secondary N) is 1. The molecule has 102 valence electrons. The van der Waals surface area contributed by atoms with Crippen LogP contribution in [0.2, 0.25) is 0 Å². The second-order valence-corrected chi connectivity index (χ2v) is 5.70. The van der Waals surface area contributed by atoms with Crippen LogP contribution in [0, 0.1) is 5.92 Å².